The molecule has 0 spiro atoms. The van der Waals surface area contributed by atoms with Gasteiger partial charge in [0.15, 0.2) is 0 Å². The Balaban J connectivity index is 1.93. The highest BCUT2D eigenvalue weighted by Gasteiger charge is 2.18. The Hall–Kier alpha value is -1.09. The van der Waals surface area contributed by atoms with Crippen molar-refractivity contribution in [2.45, 2.75) is 52.5 Å². The third kappa shape index (κ3) is 3.47. The summed E-state index contributed by atoms with van der Waals surface area (Å²) in [5, 5.41) is 3.64. The van der Waals surface area contributed by atoms with Gasteiger partial charge in [-0.3, -0.25) is 4.98 Å². The molecule has 3 nitrogen and oxygen atoms in total. The summed E-state index contributed by atoms with van der Waals surface area (Å²) in [6.45, 7) is 7.53. The standard InChI is InChI=1S/C16H26N2O/c1-11(9-17-14-6-5-7-14)8-15-13(3)16(19-4)12(2)10-18-15/h10-11,14,17H,5-9H2,1-4H3. The van der Waals surface area contributed by atoms with Gasteiger partial charge in [0.25, 0.3) is 0 Å². The molecule has 1 aliphatic carbocycles. The third-order valence-corrected chi connectivity index (χ3v) is 4.15. The maximum Gasteiger partial charge on any atom is 0.128 e. The summed E-state index contributed by atoms with van der Waals surface area (Å²) in [5.41, 5.74) is 3.48. The Morgan fingerprint density at radius 1 is 1.42 bits per heavy atom. The second-order valence-corrected chi connectivity index (χ2v) is 5.89. The molecule has 106 valence electrons. The van der Waals surface area contributed by atoms with E-state index in [0.717, 1.165) is 30.3 Å². The minimum atomic E-state index is 0.610. The monoisotopic (exact) mass is 262 g/mol. The van der Waals surface area contributed by atoms with Crippen LogP contribution in [0.25, 0.3) is 0 Å². The lowest BCUT2D eigenvalue weighted by molar-refractivity contribution is 0.320. The number of rotatable bonds is 6. The van der Waals surface area contributed by atoms with Crippen molar-refractivity contribution in [3.63, 3.8) is 0 Å². The number of nitrogens with one attached hydrogen (secondary N) is 1. The van der Waals surface area contributed by atoms with Crippen LogP contribution in [0.1, 0.15) is 43.0 Å². The molecule has 0 bridgehead atoms. The zero-order valence-electron chi connectivity index (χ0n) is 12.6. The fourth-order valence-electron chi connectivity index (χ4n) is 2.66. The summed E-state index contributed by atoms with van der Waals surface area (Å²) in [7, 11) is 1.74. The number of hydrogen-bond acceptors (Lipinski definition) is 3. The summed E-state index contributed by atoms with van der Waals surface area (Å²) < 4.78 is 5.47. The van der Waals surface area contributed by atoms with E-state index >= 15 is 0 Å². The molecule has 1 atom stereocenters. The molecule has 0 aliphatic heterocycles. The third-order valence-electron chi connectivity index (χ3n) is 4.15. The molecule has 0 amide bonds. The van der Waals surface area contributed by atoms with Crippen LogP contribution in [0.3, 0.4) is 0 Å². The Kier molecular flexibility index (Phi) is 4.81. The van der Waals surface area contributed by atoms with Gasteiger partial charge in [0.1, 0.15) is 5.75 Å². The Bertz CT molecular complexity index is 427. The molecule has 0 radical (unpaired) electrons. The summed E-state index contributed by atoms with van der Waals surface area (Å²) in [5.74, 6) is 1.60. The van der Waals surface area contributed by atoms with Gasteiger partial charge < -0.3 is 10.1 Å². The predicted octanol–water partition coefficient (Wildman–Crippen LogP) is 3.03. The highest BCUT2D eigenvalue weighted by Crippen LogP contribution is 2.25. The molecule has 0 saturated heterocycles. The van der Waals surface area contributed by atoms with Crippen molar-refractivity contribution < 1.29 is 4.74 Å². The van der Waals surface area contributed by atoms with Crippen LogP contribution in [0.15, 0.2) is 6.20 Å². The van der Waals surface area contributed by atoms with Gasteiger partial charge in [-0.2, -0.15) is 0 Å². The maximum absolute atomic E-state index is 5.47. The average Bonchev–Trinajstić information content (AvgIpc) is 2.32. The lowest BCUT2D eigenvalue weighted by atomic mass is 9.92. The van der Waals surface area contributed by atoms with Gasteiger partial charge >= 0.3 is 0 Å². The molecule has 1 saturated carbocycles. The van der Waals surface area contributed by atoms with Crippen molar-refractivity contribution in [2.24, 2.45) is 5.92 Å². The summed E-state index contributed by atoms with van der Waals surface area (Å²) in [4.78, 5) is 4.58. The molecule has 0 aromatic carbocycles. The van der Waals surface area contributed by atoms with Crippen molar-refractivity contribution in [1.29, 1.82) is 0 Å². The number of pyridine rings is 1. The summed E-state index contributed by atoms with van der Waals surface area (Å²) in [6.07, 6.45) is 7.03. The van der Waals surface area contributed by atoms with Gasteiger partial charge in [-0.05, 0) is 45.6 Å². The first-order valence-electron chi connectivity index (χ1n) is 7.34. The minimum absolute atomic E-state index is 0.610. The predicted molar refractivity (Wildman–Crippen MR) is 78.8 cm³/mol. The largest absolute Gasteiger partial charge is 0.496 e. The van der Waals surface area contributed by atoms with Crippen LogP contribution in [0.4, 0.5) is 0 Å². The highest BCUT2D eigenvalue weighted by molar-refractivity contribution is 5.41. The fourth-order valence-corrected chi connectivity index (χ4v) is 2.66. The summed E-state index contributed by atoms with van der Waals surface area (Å²) >= 11 is 0. The van der Waals surface area contributed by atoms with Gasteiger partial charge in [0.2, 0.25) is 0 Å². The zero-order valence-corrected chi connectivity index (χ0v) is 12.6. The van der Waals surface area contributed by atoms with Crippen molar-refractivity contribution in [3.05, 3.63) is 23.0 Å². The SMILES string of the molecule is COc1c(C)cnc(CC(C)CNC2CCC2)c1C. The van der Waals surface area contributed by atoms with E-state index in [4.69, 9.17) is 4.74 Å². The van der Waals surface area contributed by atoms with Gasteiger partial charge in [0.05, 0.1) is 7.11 Å². The van der Waals surface area contributed by atoms with Crippen LogP contribution in [-0.2, 0) is 6.42 Å². The molecule has 2 rings (SSSR count). The molecular formula is C16H26N2O. The second kappa shape index (κ2) is 6.38. The molecule has 19 heavy (non-hydrogen) atoms. The van der Waals surface area contributed by atoms with Crippen molar-refractivity contribution in [1.82, 2.24) is 10.3 Å². The van der Waals surface area contributed by atoms with E-state index in [2.05, 4.69) is 24.1 Å². The number of nitrogens with zero attached hydrogens (tertiary/aromatic N) is 1. The molecular weight excluding hydrogens is 236 g/mol. The van der Waals surface area contributed by atoms with Gasteiger partial charge in [-0.15, -0.1) is 0 Å². The van der Waals surface area contributed by atoms with Crippen LogP contribution in [0.2, 0.25) is 0 Å². The maximum atomic E-state index is 5.47. The number of aryl methyl sites for hydroxylation is 1. The first kappa shape index (κ1) is 14.3. The van der Waals surface area contributed by atoms with Crippen LogP contribution < -0.4 is 10.1 Å². The van der Waals surface area contributed by atoms with Crippen molar-refractivity contribution in [3.8, 4) is 5.75 Å². The number of ether oxygens (including phenoxy) is 1. The van der Waals surface area contributed by atoms with Crippen LogP contribution in [0, 0.1) is 19.8 Å². The first-order chi connectivity index (χ1) is 9.11. The second-order valence-electron chi connectivity index (χ2n) is 5.89. The van der Waals surface area contributed by atoms with Gasteiger partial charge in [-0.25, -0.2) is 0 Å². The number of hydrogen-bond donors (Lipinski definition) is 1. The lowest BCUT2D eigenvalue weighted by Gasteiger charge is -2.28. The molecule has 1 heterocycles. The van der Waals surface area contributed by atoms with Crippen LogP contribution in [-0.4, -0.2) is 24.7 Å². The number of methoxy groups -OCH3 is 1. The normalized spacial score (nSPS) is 17.1. The number of aromatic nitrogens is 1. The van der Waals surface area contributed by atoms with Gasteiger partial charge in [0, 0.05) is 29.1 Å². The van der Waals surface area contributed by atoms with Crippen LogP contribution in [0.5, 0.6) is 5.75 Å². The molecule has 1 fully saturated rings. The molecule has 1 aromatic heterocycles. The Morgan fingerprint density at radius 2 is 2.16 bits per heavy atom. The van der Waals surface area contributed by atoms with Crippen LogP contribution >= 0.6 is 0 Å². The smallest absolute Gasteiger partial charge is 0.128 e. The van der Waals surface area contributed by atoms with Gasteiger partial charge in [-0.1, -0.05) is 13.3 Å². The zero-order chi connectivity index (χ0) is 13.8. The van der Waals surface area contributed by atoms with E-state index in [1.807, 2.05) is 13.1 Å². The highest BCUT2D eigenvalue weighted by atomic mass is 16.5. The molecule has 1 aromatic rings. The minimum Gasteiger partial charge on any atom is -0.496 e. The first-order valence-corrected chi connectivity index (χ1v) is 7.34. The van der Waals surface area contributed by atoms with Crippen molar-refractivity contribution in [2.75, 3.05) is 13.7 Å². The Labute approximate surface area is 116 Å². The quantitative estimate of drug-likeness (QED) is 0.855. The van der Waals surface area contributed by atoms with Crippen molar-refractivity contribution >= 4 is 0 Å². The average molecular weight is 262 g/mol. The van der Waals surface area contributed by atoms with E-state index < -0.39 is 0 Å². The fraction of sp³-hybridized carbons (Fsp3) is 0.688. The molecule has 1 unspecified atom stereocenters. The topological polar surface area (TPSA) is 34.1 Å². The van der Waals surface area contributed by atoms with E-state index in [9.17, 15) is 0 Å². The van der Waals surface area contributed by atoms with E-state index in [1.165, 1.54) is 30.5 Å². The molecule has 1 aliphatic rings. The molecule has 3 heteroatoms. The lowest BCUT2D eigenvalue weighted by Crippen LogP contribution is -2.38. The Morgan fingerprint density at radius 3 is 2.74 bits per heavy atom. The van der Waals surface area contributed by atoms with E-state index in [1.54, 1.807) is 7.11 Å². The van der Waals surface area contributed by atoms with E-state index in [0.29, 0.717) is 5.92 Å². The van der Waals surface area contributed by atoms with E-state index in [-0.39, 0.29) is 0 Å². The summed E-state index contributed by atoms with van der Waals surface area (Å²) in [6, 6.07) is 0.768. The molecule has 1 N–H and O–H groups in total.